The summed E-state index contributed by atoms with van der Waals surface area (Å²) in [6, 6.07) is 3.28. The minimum Gasteiger partial charge on any atom is -0.353 e. The lowest BCUT2D eigenvalue weighted by atomic mass is 10.0. The predicted molar refractivity (Wildman–Crippen MR) is 78.5 cm³/mol. The van der Waals surface area contributed by atoms with E-state index < -0.39 is 17.8 Å². The third-order valence-corrected chi connectivity index (χ3v) is 3.89. The molecule has 116 valence electrons. The molecule has 1 aromatic heterocycles. The summed E-state index contributed by atoms with van der Waals surface area (Å²) in [7, 11) is 0. The fourth-order valence-electron chi connectivity index (χ4n) is 2.82. The van der Waals surface area contributed by atoms with Gasteiger partial charge in [-0.15, -0.1) is 0 Å². The van der Waals surface area contributed by atoms with Gasteiger partial charge in [0.05, 0.1) is 12.2 Å². The second-order valence-corrected chi connectivity index (χ2v) is 5.33. The Morgan fingerprint density at radius 2 is 2.09 bits per heavy atom. The van der Waals surface area contributed by atoms with Gasteiger partial charge in [0, 0.05) is 17.7 Å². The maximum atomic E-state index is 14.0. The van der Waals surface area contributed by atoms with E-state index in [2.05, 4.69) is 9.97 Å². The number of anilines is 1. The first kappa shape index (κ1) is 14.8. The van der Waals surface area contributed by atoms with Crippen molar-refractivity contribution >= 4 is 5.82 Å². The first-order valence-corrected chi connectivity index (χ1v) is 7.28. The molecular weight excluding hydrogens is 291 g/mol. The molecule has 0 amide bonds. The third-order valence-electron chi connectivity index (χ3n) is 3.89. The molecule has 0 bridgehead atoms. The molecule has 6 heteroatoms. The van der Waals surface area contributed by atoms with Crippen LogP contribution in [0, 0.1) is 11.6 Å². The van der Waals surface area contributed by atoms with E-state index in [-0.39, 0.29) is 12.1 Å². The van der Waals surface area contributed by atoms with Crippen LogP contribution in [0.3, 0.4) is 0 Å². The molecule has 0 spiro atoms. The van der Waals surface area contributed by atoms with Gasteiger partial charge in [-0.05, 0) is 31.0 Å². The van der Waals surface area contributed by atoms with E-state index in [1.807, 2.05) is 11.8 Å². The highest BCUT2D eigenvalue weighted by molar-refractivity contribution is 5.69. The number of alkyl halides is 1. The summed E-state index contributed by atoms with van der Waals surface area (Å²) in [6.07, 6.45) is 1.44. The van der Waals surface area contributed by atoms with Gasteiger partial charge < -0.3 is 4.90 Å². The predicted octanol–water partition coefficient (Wildman–Crippen LogP) is 3.53. The van der Waals surface area contributed by atoms with Crippen LogP contribution in [0.25, 0.3) is 11.3 Å². The molecular formula is C16H16F3N3. The summed E-state index contributed by atoms with van der Waals surface area (Å²) in [5.41, 5.74) is 1.18. The van der Waals surface area contributed by atoms with Crippen molar-refractivity contribution in [2.45, 2.75) is 25.9 Å². The van der Waals surface area contributed by atoms with E-state index in [0.717, 1.165) is 18.2 Å². The second kappa shape index (κ2) is 5.94. The van der Waals surface area contributed by atoms with Gasteiger partial charge in [0.1, 0.15) is 30.0 Å². The molecule has 0 N–H and O–H groups in total. The van der Waals surface area contributed by atoms with Gasteiger partial charge in [-0.1, -0.05) is 6.92 Å². The molecule has 1 aromatic carbocycles. The first-order valence-electron chi connectivity index (χ1n) is 7.28. The van der Waals surface area contributed by atoms with Crippen LogP contribution in [0.1, 0.15) is 18.9 Å². The molecule has 3 rings (SSSR count). The van der Waals surface area contributed by atoms with Crippen LogP contribution in [0.5, 0.6) is 0 Å². The smallest absolute Gasteiger partial charge is 0.135 e. The van der Waals surface area contributed by atoms with Crippen LogP contribution in [0.2, 0.25) is 0 Å². The lowest BCUT2D eigenvalue weighted by molar-refractivity contribution is 0.364. The normalized spacial score (nSPS) is 18.0. The lowest BCUT2D eigenvalue weighted by Gasteiger charge is -2.21. The van der Waals surface area contributed by atoms with E-state index in [4.69, 9.17) is 0 Å². The van der Waals surface area contributed by atoms with Crippen LogP contribution in [-0.2, 0) is 6.42 Å². The second-order valence-electron chi connectivity index (χ2n) is 5.33. The standard InChI is InChI=1S/C16H16F3N3/c1-2-12-15(13-7-10(17)3-4-14(13)19)20-9-21-16(12)22-6-5-11(18)8-22/h3-4,7,9,11H,2,5-6,8H2,1H3/t11-/m0/s1. The average molecular weight is 307 g/mol. The SMILES string of the molecule is CCc1c(-c2cc(F)ccc2F)ncnc1N1CC[C@H](F)C1. The van der Waals surface area contributed by atoms with Crippen molar-refractivity contribution < 1.29 is 13.2 Å². The topological polar surface area (TPSA) is 29.0 Å². The molecule has 22 heavy (non-hydrogen) atoms. The zero-order chi connectivity index (χ0) is 15.7. The number of rotatable bonds is 3. The quantitative estimate of drug-likeness (QED) is 0.868. The number of benzene rings is 1. The van der Waals surface area contributed by atoms with Gasteiger partial charge in [-0.2, -0.15) is 0 Å². The van der Waals surface area contributed by atoms with Gasteiger partial charge in [0.2, 0.25) is 0 Å². The molecule has 0 saturated carbocycles. The molecule has 1 saturated heterocycles. The maximum Gasteiger partial charge on any atom is 0.135 e. The summed E-state index contributed by atoms with van der Waals surface area (Å²) < 4.78 is 40.9. The van der Waals surface area contributed by atoms with Crippen molar-refractivity contribution in [2.24, 2.45) is 0 Å². The van der Waals surface area contributed by atoms with Crippen LogP contribution in [0.15, 0.2) is 24.5 Å². The summed E-state index contributed by atoms with van der Waals surface area (Å²) in [5.74, 6) is -0.453. The maximum absolute atomic E-state index is 14.0. The zero-order valence-electron chi connectivity index (χ0n) is 12.2. The highest BCUT2D eigenvalue weighted by Gasteiger charge is 2.26. The highest BCUT2D eigenvalue weighted by Crippen LogP contribution is 2.32. The number of hydrogen-bond donors (Lipinski definition) is 0. The summed E-state index contributed by atoms with van der Waals surface area (Å²) in [4.78, 5) is 10.2. The Morgan fingerprint density at radius 3 is 2.77 bits per heavy atom. The van der Waals surface area contributed by atoms with Crippen LogP contribution in [0.4, 0.5) is 19.0 Å². The molecule has 1 atom stereocenters. The fraction of sp³-hybridized carbons (Fsp3) is 0.375. The molecule has 0 aliphatic carbocycles. The molecule has 2 aromatic rings. The number of hydrogen-bond acceptors (Lipinski definition) is 3. The molecule has 0 unspecified atom stereocenters. The first-order chi connectivity index (χ1) is 10.6. The Balaban J connectivity index is 2.10. The molecule has 1 fully saturated rings. The molecule has 0 radical (unpaired) electrons. The van der Waals surface area contributed by atoms with E-state index in [9.17, 15) is 13.2 Å². The summed E-state index contributed by atoms with van der Waals surface area (Å²) in [5, 5.41) is 0. The lowest BCUT2D eigenvalue weighted by Crippen LogP contribution is -2.23. The van der Waals surface area contributed by atoms with E-state index in [1.54, 1.807) is 0 Å². The fourth-order valence-corrected chi connectivity index (χ4v) is 2.82. The molecule has 1 aliphatic heterocycles. The van der Waals surface area contributed by atoms with Gasteiger partial charge in [-0.25, -0.2) is 23.1 Å². The molecule has 3 nitrogen and oxygen atoms in total. The minimum absolute atomic E-state index is 0.108. The number of nitrogens with zero attached hydrogens (tertiary/aromatic N) is 3. The van der Waals surface area contributed by atoms with Crippen LogP contribution >= 0.6 is 0 Å². The largest absolute Gasteiger partial charge is 0.353 e. The Bertz CT molecular complexity index is 690. The molecule has 2 heterocycles. The van der Waals surface area contributed by atoms with Crippen LogP contribution < -0.4 is 4.90 Å². The number of aromatic nitrogens is 2. The van der Waals surface area contributed by atoms with Crippen molar-refractivity contribution in [2.75, 3.05) is 18.0 Å². The Hall–Kier alpha value is -2.11. The Morgan fingerprint density at radius 1 is 1.27 bits per heavy atom. The van der Waals surface area contributed by atoms with E-state index in [0.29, 0.717) is 36.5 Å². The van der Waals surface area contributed by atoms with Gasteiger partial charge in [0.15, 0.2) is 0 Å². The minimum atomic E-state index is -0.881. The zero-order valence-corrected chi connectivity index (χ0v) is 12.2. The Labute approximate surface area is 126 Å². The summed E-state index contributed by atoms with van der Waals surface area (Å²) >= 11 is 0. The van der Waals surface area contributed by atoms with E-state index in [1.165, 1.54) is 6.33 Å². The Kier molecular flexibility index (Phi) is 4.00. The van der Waals surface area contributed by atoms with Crippen molar-refractivity contribution in [3.8, 4) is 11.3 Å². The van der Waals surface area contributed by atoms with Crippen molar-refractivity contribution in [3.05, 3.63) is 41.7 Å². The van der Waals surface area contributed by atoms with Crippen molar-refractivity contribution in [1.82, 2.24) is 9.97 Å². The average Bonchev–Trinajstić information content (AvgIpc) is 2.95. The number of halogens is 3. The monoisotopic (exact) mass is 307 g/mol. The van der Waals surface area contributed by atoms with Crippen molar-refractivity contribution in [1.29, 1.82) is 0 Å². The van der Waals surface area contributed by atoms with Gasteiger partial charge in [0.25, 0.3) is 0 Å². The highest BCUT2D eigenvalue weighted by atomic mass is 19.1. The summed E-state index contributed by atoms with van der Waals surface area (Å²) in [6.45, 7) is 2.73. The van der Waals surface area contributed by atoms with Gasteiger partial charge >= 0.3 is 0 Å². The third kappa shape index (κ3) is 2.65. The van der Waals surface area contributed by atoms with Crippen LogP contribution in [-0.4, -0.2) is 29.2 Å². The molecule has 1 aliphatic rings. The van der Waals surface area contributed by atoms with E-state index >= 15 is 0 Å². The van der Waals surface area contributed by atoms with Gasteiger partial charge in [-0.3, -0.25) is 0 Å². The van der Waals surface area contributed by atoms with Crippen molar-refractivity contribution in [3.63, 3.8) is 0 Å².